The highest BCUT2D eigenvalue weighted by Gasteiger charge is 2.24. The summed E-state index contributed by atoms with van der Waals surface area (Å²) in [7, 11) is -3.74. The van der Waals surface area contributed by atoms with Gasteiger partial charge in [-0.25, -0.2) is 13.4 Å². The van der Waals surface area contributed by atoms with E-state index in [9.17, 15) is 8.42 Å². The van der Waals surface area contributed by atoms with Crippen LogP contribution in [0.4, 0.5) is 5.13 Å². The minimum absolute atomic E-state index is 0.0904. The summed E-state index contributed by atoms with van der Waals surface area (Å²) in [5.74, 6) is 0. The molecular formula is C12H10Cl4N2O2S2. The number of aryl methyl sites for hydroxylation is 1. The van der Waals surface area contributed by atoms with Crippen molar-refractivity contribution in [3.8, 4) is 0 Å². The van der Waals surface area contributed by atoms with Crippen LogP contribution in [0.1, 0.15) is 10.6 Å². The molecule has 0 aliphatic heterocycles. The van der Waals surface area contributed by atoms with E-state index in [0.29, 0.717) is 15.6 Å². The average Bonchev–Trinajstić information content (AvgIpc) is 2.67. The fourth-order valence-electron chi connectivity index (χ4n) is 1.61. The van der Waals surface area contributed by atoms with Gasteiger partial charge >= 0.3 is 0 Å². The number of nitrogens with zero attached hydrogens (tertiary/aromatic N) is 1. The number of halogens is 4. The SMILES string of the molecule is Cc1nc(NS(=O)(=O)c2ccc(Cl)cc2)sc1CC(Cl)(Cl)Cl. The molecule has 22 heavy (non-hydrogen) atoms. The number of aromatic nitrogens is 1. The third-order valence-electron chi connectivity index (χ3n) is 2.60. The predicted octanol–water partition coefficient (Wildman–Crippen LogP) is 4.82. The van der Waals surface area contributed by atoms with Crippen LogP contribution in [-0.2, 0) is 16.4 Å². The van der Waals surface area contributed by atoms with E-state index < -0.39 is 13.8 Å². The monoisotopic (exact) mass is 418 g/mol. The molecule has 0 aliphatic rings. The lowest BCUT2D eigenvalue weighted by atomic mass is 10.3. The first-order chi connectivity index (χ1) is 10.1. The molecule has 1 aromatic carbocycles. The summed E-state index contributed by atoms with van der Waals surface area (Å²) >= 11 is 24.1. The molecule has 10 heteroatoms. The van der Waals surface area contributed by atoms with E-state index in [0.717, 1.165) is 11.3 Å². The first-order valence-corrected chi connectivity index (χ1v) is 9.69. The van der Waals surface area contributed by atoms with Gasteiger partial charge in [0, 0.05) is 16.3 Å². The van der Waals surface area contributed by atoms with Gasteiger partial charge < -0.3 is 0 Å². The van der Waals surface area contributed by atoms with Crippen LogP contribution in [0.3, 0.4) is 0 Å². The van der Waals surface area contributed by atoms with Crippen molar-refractivity contribution in [1.82, 2.24) is 4.98 Å². The van der Waals surface area contributed by atoms with Crippen molar-refractivity contribution < 1.29 is 8.42 Å². The molecule has 120 valence electrons. The zero-order valence-electron chi connectivity index (χ0n) is 11.1. The maximum absolute atomic E-state index is 12.3. The van der Waals surface area contributed by atoms with E-state index in [2.05, 4.69) is 9.71 Å². The number of hydrogen-bond donors (Lipinski definition) is 1. The van der Waals surface area contributed by atoms with Crippen LogP contribution in [0.15, 0.2) is 29.2 Å². The highest BCUT2D eigenvalue weighted by Crippen LogP contribution is 2.35. The van der Waals surface area contributed by atoms with Gasteiger partial charge in [-0.2, -0.15) is 0 Å². The molecule has 0 fully saturated rings. The lowest BCUT2D eigenvalue weighted by Gasteiger charge is -2.08. The molecule has 0 spiro atoms. The summed E-state index contributed by atoms with van der Waals surface area (Å²) in [6.45, 7) is 1.72. The van der Waals surface area contributed by atoms with Crippen LogP contribution >= 0.6 is 57.7 Å². The van der Waals surface area contributed by atoms with Crippen LogP contribution in [0.2, 0.25) is 5.02 Å². The van der Waals surface area contributed by atoms with E-state index >= 15 is 0 Å². The number of rotatable bonds is 4. The van der Waals surface area contributed by atoms with E-state index in [1.165, 1.54) is 24.3 Å². The molecular weight excluding hydrogens is 410 g/mol. The van der Waals surface area contributed by atoms with Crippen LogP contribution in [-0.4, -0.2) is 17.2 Å². The third-order valence-corrected chi connectivity index (χ3v) is 5.81. The normalized spacial score (nSPS) is 12.4. The molecule has 1 N–H and O–H groups in total. The quantitative estimate of drug-likeness (QED) is 0.722. The molecule has 0 atom stereocenters. The number of hydrogen-bond acceptors (Lipinski definition) is 4. The van der Waals surface area contributed by atoms with Gasteiger partial charge in [-0.3, -0.25) is 4.72 Å². The topological polar surface area (TPSA) is 59.1 Å². The molecule has 0 saturated carbocycles. The fraction of sp³-hybridized carbons (Fsp3) is 0.250. The summed E-state index contributed by atoms with van der Waals surface area (Å²) in [6, 6.07) is 5.82. The van der Waals surface area contributed by atoms with Crippen molar-refractivity contribution in [3.63, 3.8) is 0 Å². The molecule has 2 aromatic rings. The van der Waals surface area contributed by atoms with Gasteiger partial charge in [0.05, 0.1) is 10.6 Å². The Labute approximate surface area is 152 Å². The Morgan fingerprint density at radius 1 is 1.23 bits per heavy atom. The van der Waals surface area contributed by atoms with Crippen LogP contribution in [0, 0.1) is 6.92 Å². The Morgan fingerprint density at radius 3 is 2.36 bits per heavy atom. The highest BCUT2D eigenvalue weighted by atomic mass is 35.6. The Balaban J connectivity index is 2.23. The molecule has 4 nitrogen and oxygen atoms in total. The second-order valence-electron chi connectivity index (χ2n) is 4.38. The van der Waals surface area contributed by atoms with Crippen molar-refractivity contribution in [2.75, 3.05) is 4.72 Å². The van der Waals surface area contributed by atoms with E-state index in [-0.39, 0.29) is 16.4 Å². The summed E-state index contributed by atoms with van der Waals surface area (Å²) in [5.41, 5.74) is 0.616. The average molecular weight is 420 g/mol. The fourth-order valence-corrected chi connectivity index (χ4v) is 4.65. The van der Waals surface area contributed by atoms with E-state index in [1.54, 1.807) is 6.92 Å². The molecule has 2 rings (SSSR count). The summed E-state index contributed by atoms with van der Waals surface area (Å²) in [5, 5.41) is 0.672. The molecule has 0 aliphatic carbocycles. The predicted molar refractivity (Wildman–Crippen MR) is 93.1 cm³/mol. The first-order valence-electron chi connectivity index (χ1n) is 5.88. The maximum Gasteiger partial charge on any atom is 0.263 e. The third kappa shape index (κ3) is 4.88. The van der Waals surface area contributed by atoms with Crippen molar-refractivity contribution in [3.05, 3.63) is 39.9 Å². The Morgan fingerprint density at radius 2 is 1.82 bits per heavy atom. The zero-order chi connectivity index (χ0) is 16.5. The summed E-state index contributed by atoms with van der Waals surface area (Å²) in [6.07, 6.45) is 0.157. The first kappa shape index (κ1) is 18.1. The molecule has 0 radical (unpaired) electrons. The number of benzene rings is 1. The Bertz CT molecular complexity index is 767. The summed E-state index contributed by atoms with van der Waals surface area (Å²) in [4.78, 5) is 4.94. The Hall–Kier alpha value is -0.240. The minimum Gasteiger partial charge on any atom is -0.255 e. The molecule has 0 amide bonds. The molecule has 0 saturated heterocycles. The van der Waals surface area contributed by atoms with Crippen LogP contribution in [0.25, 0.3) is 0 Å². The standard InChI is InChI=1S/C12H10Cl4N2O2S2/c1-7-10(6-12(14,15)16)21-11(17-7)18-22(19,20)9-4-2-8(13)3-5-9/h2-5H,6H2,1H3,(H,17,18). The van der Waals surface area contributed by atoms with E-state index in [4.69, 9.17) is 46.4 Å². The molecule has 1 aromatic heterocycles. The van der Waals surface area contributed by atoms with Crippen LogP contribution < -0.4 is 4.72 Å². The van der Waals surface area contributed by atoms with Gasteiger partial charge in [-0.05, 0) is 31.2 Å². The highest BCUT2D eigenvalue weighted by molar-refractivity contribution is 7.93. The maximum atomic E-state index is 12.3. The van der Waals surface area contributed by atoms with E-state index in [1.807, 2.05) is 0 Å². The van der Waals surface area contributed by atoms with Gasteiger partial charge in [0.2, 0.25) is 0 Å². The van der Waals surface area contributed by atoms with Crippen molar-refractivity contribution in [2.24, 2.45) is 0 Å². The number of thiazole rings is 1. The van der Waals surface area contributed by atoms with Gasteiger partial charge in [0.25, 0.3) is 10.0 Å². The van der Waals surface area contributed by atoms with Gasteiger partial charge in [-0.1, -0.05) is 46.4 Å². The molecule has 1 heterocycles. The van der Waals surface area contributed by atoms with Gasteiger partial charge in [0.15, 0.2) is 8.92 Å². The lowest BCUT2D eigenvalue weighted by molar-refractivity contribution is 0.601. The summed E-state index contributed by atoms with van der Waals surface area (Å²) < 4.78 is 25.5. The number of sulfonamides is 1. The number of nitrogens with one attached hydrogen (secondary N) is 1. The second-order valence-corrected chi connectivity index (χ2v) is 10.1. The Kier molecular flexibility index (Phi) is 5.52. The lowest BCUT2D eigenvalue weighted by Crippen LogP contribution is -2.12. The zero-order valence-corrected chi connectivity index (χ0v) is 15.8. The second kappa shape index (κ2) is 6.71. The number of anilines is 1. The van der Waals surface area contributed by atoms with Gasteiger partial charge in [-0.15, -0.1) is 11.3 Å². The number of alkyl halides is 3. The largest absolute Gasteiger partial charge is 0.263 e. The molecule has 0 bridgehead atoms. The van der Waals surface area contributed by atoms with Gasteiger partial charge in [0.1, 0.15) is 0 Å². The van der Waals surface area contributed by atoms with Crippen LogP contribution in [0.5, 0.6) is 0 Å². The van der Waals surface area contributed by atoms with Crippen molar-refractivity contribution >= 4 is 72.9 Å². The van der Waals surface area contributed by atoms with Crippen molar-refractivity contribution in [1.29, 1.82) is 0 Å². The smallest absolute Gasteiger partial charge is 0.255 e. The molecule has 0 unspecified atom stereocenters. The van der Waals surface area contributed by atoms with Crippen molar-refractivity contribution in [2.45, 2.75) is 22.0 Å². The minimum atomic E-state index is -3.74.